The first-order chi connectivity index (χ1) is 8.33. The second-order valence-corrected chi connectivity index (χ2v) is 3.86. The maximum absolute atomic E-state index is 5.69. The highest BCUT2D eigenvalue weighted by Gasteiger charge is 2.01. The average molecular weight is 221 g/mol. The molecule has 0 unspecified atom stereocenters. The smallest absolute Gasteiger partial charge is 0.124 e. The van der Waals surface area contributed by atoms with E-state index in [2.05, 4.69) is 16.0 Å². The minimum absolute atomic E-state index is 0.536. The summed E-state index contributed by atoms with van der Waals surface area (Å²) in [6, 6.07) is 15.7. The topological polar surface area (TPSA) is 51.8 Å². The number of nitrogens with two attached hydrogens (primary N) is 1. The van der Waals surface area contributed by atoms with Gasteiger partial charge in [0, 0.05) is 17.1 Å². The van der Waals surface area contributed by atoms with Crippen molar-refractivity contribution < 1.29 is 0 Å². The predicted molar refractivity (Wildman–Crippen MR) is 69.4 cm³/mol. The van der Waals surface area contributed by atoms with Gasteiger partial charge in [-0.15, -0.1) is 0 Å². The summed E-state index contributed by atoms with van der Waals surface area (Å²) >= 11 is 0. The molecular weight excluding hydrogens is 210 g/mol. The number of nitrogen functional groups attached to an aromatic ring is 1. The highest BCUT2D eigenvalue weighted by Crippen LogP contribution is 2.22. The molecule has 17 heavy (non-hydrogen) atoms. The molecule has 1 aromatic carbocycles. The van der Waals surface area contributed by atoms with Gasteiger partial charge in [0.15, 0.2) is 0 Å². The average Bonchev–Trinajstić information content (AvgIpc) is 2.38. The maximum atomic E-state index is 5.69. The Morgan fingerprint density at radius 2 is 1.88 bits per heavy atom. The first kappa shape index (κ1) is 9.78. The highest BCUT2D eigenvalue weighted by molar-refractivity contribution is 5.83. The van der Waals surface area contributed by atoms with Crippen LogP contribution in [0.2, 0.25) is 0 Å². The Labute approximate surface area is 98.9 Å². The summed E-state index contributed by atoms with van der Waals surface area (Å²) in [5.41, 5.74) is 8.61. The summed E-state index contributed by atoms with van der Waals surface area (Å²) in [6.07, 6.45) is 1.79. The van der Waals surface area contributed by atoms with Gasteiger partial charge >= 0.3 is 0 Å². The molecule has 2 aromatic heterocycles. The van der Waals surface area contributed by atoms with Crippen molar-refractivity contribution in [2.45, 2.75) is 0 Å². The fraction of sp³-hybridized carbons (Fsp3) is 0. The van der Waals surface area contributed by atoms with Gasteiger partial charge in [-0.2, -0.15) is 0 Å². The quantitative estimate of drug-likeness (QED) is 0.687. The summed E-state index contributed by atoms with van der Waals surface area (Å²) in [5.74, 6) is 0.536. The number of hydrogen-bond acceptors (Lipinski definition) is 3. The Morgan fingerprint density at radius 1 is 0.941 bits per heavy atom. The minimum Gasteiger partial charge on any atom is -0.384 e. The Bertz CT molecular complexity index is 677. The number of aromatic nitrogens is 2. The molecule has 82 valence electrons. The molecule has 0 bridgehead atoms. The van der Waals surface area contributed by atoms with Crippen molar-refractivity contribution in [2.75, 3.05) is 5.73 Å². The van der Waals surface area contributed by atoms with Gasteiger partial charge in [-0.3, -0.25) is 4.98 Å². The molecule has 0 radical (unpaired) electrons. The van der Waals surface area contributed by atoms with E-state index in [4.69, 9.17) is 5.73 Å². The molecule has 0 aliphatic carbocycles. The lowest BCUT2D eigenvalue weighted by atomic mass is 10.1. The Morgan fingerprint density at radius 3 is 2.76 bits per heavy atom. The zero-order valence-electron chi connectivity index (χ0n) is 9.17. The van der Waals surface area contributed by atoms with Crippen molar-refractivity contribution in [3.8, 4) is 11.3 Å². The molecule has 0 amide bonds. The second kappa shape index (κ2) is 3.87. The molecule has 2 heterocycles. The summed E-state index contributed by atoms with van der Waals surface area (Å²) in [6.45, 7) is 0. The fourth-order valence-corrected chi connectivity index (χ4v) is 1.85. The summed E-state index contributed by atoms with van der Waals surface area (Å²) < 4.78 is 0. The van der Waals surface area contributed by atoms with Crippen molar-refractivity contribution in [3.63, 3.8) is 0 Å². The van der Waals surface area contributed by atoms with E-state index in [9.17, 15) is 0 Å². The van der Waals surface area contributed by atoms with E-state index < -0.39 is 0 Å². The van der Waals surface area contributed by atoms with Crippen molar-refractivity contribution in [2.24, 2.45) is 0 Å². The van der Waals surface area contributed by atoms with E-state index in [1.54, 1.807) is 12.3 Å². The van der Waals surface area contributed by atoms with E-state index in [1.165, 1.54) is 0 Å². The van der Waals surface area contributed by atoms with Crippen LogP contribution in [0.15, 0.2) is 54.7 Å². The lowest BCUT2D eigenvalue weighted by molar-refractivity contribution is 1.33. The molecule has 0 saturated heterocycles. The minimum atomic E-state index is 0.536. The van der Waals surface area contributed by atoms with Gasteiger partial charge in [-0.05, 0) is 30.3 Å². The predicted octanol–water partition coefficient (Wildman–Crippen LogP) is 2.88. The number of hydrogen-bond donors (Lipinski definition) is 1. The summed E-state index contributed by atoms with van der Waals surface area (Å²) in [5, 5.41) is 1.11. The lowest BCUT2D eigenvalue weighted by Crippen LogP contribution is -1.91. The molecule has 0 saturated carbocycles. The normalized spacial score (nSPS) is 10.6. The molecule has 0 atom stereocenters. The van der Waals surface area contributed by atoms with Crippen LogP contribution in [0, 0.1) is 0 Å². The molecule has 3 heteroatoms. The van der Waals surface area contributed by atoms with Crippen LogP contribution >= 0.6 is 0 Å². The Kier molecular flexibility index (Phi) is 2.22. The van der Waals surface area contributed by atoms with Gasteiger partial charge in [-0.1, -0.05) is 18.2 Å². The van der Waals surface area contributed by atoms with E-state index >= 15 is 0 Å². The van der Waals surface area contributed by atoms with Gasteiger partial charge < -0.3 is 5.73 Å². The molecule has 0 aliphatic heterocycles. The van der Waals surface area contributed by atoms with Crippen molar-refractivity contribution >= 4 is 16.7 Å². The van der Waals surface area contributed by atoms with Crippen molar-refractivity contribution in [3.05, 3.63) is 54.7 Å². The van der Waals surface area contributed by atoms with Crippen LogP contribution in [0.3, 0.4) is 0 Å². The Balaban J connectivity index is 2.18. The highest BCUT2D eigenvalue weighted by atomic mass is 14.8. The summed E-state index contributed by atoms with van der Waals surface area (Å²) in [4.78, 5) is 8.60. The third-order valence-electron chi connectivity index (χ3n) is 2.67. The lowest BCUT2D eigenvalue weighted by Gasteiger charge is -2.03. The van der Waals surface area contributed by atoms with Gasteiger partial charge in [0.25, 0.3) is 0 Å². The number of nitrogens with zero attached hydrogens (tertiary/aromatic N) is 2. The Hall–Kier alpha value is -2.42. The molecule has 3 nitrogen and oxygen atoms in total. The zero-order valence-corrected chi connectivity index (χ0v) is 9.17. The van der Waals surface area contributed by atoms with Gasteiger partial charge in [0.05, 0.1) is 11.2 Å². The van der Waals surface area contributed by atoms with Crippen LogP contribution in [-0.2, 0) is 0 Å². The van der Waals surface area contributed by atoms with Crippen LogP contribution in [0.1, 0.15) is 0 Å². The van der Waals surface area contributed by atoms with Crippen LogP contribution in [0.25, 0.3) is 22.2 Å². The second-order valence-electron chi connectivity index (χ2n) is 3.86. The van der Waals surface area contributed by atoms with Crippen LogP contribution in [0.4, 0.5) is 5.82 Å². The van der Waals surface area contributed by atoms with Crippen LogP contribution < -0.4 is 5.73 Å². The van der Waals surface area contributed by atoms with Crippen LogP contribution in [0.5, 0.6) is 0 Å². The molecule has 0 spiro atoms. The third-order valence-corrected chi connectivity index (χ3v) is 2.67. The molecule has 3 rings (SSSR count). The SMILES string of the molecule is Nc1cccc(-c2ccc3ncccc3c2)n1. The van der Waals surface area contributed by atoms with Gasteiger partial charge in [0.2, 0.25) is 0 Å². The number of benzene rings is 1. The van der Waals surface area contributed by atoms with Gasteiger partial charge in [-0.25, -0.2) is 4.98 Å². The van der Waals surface area contributed by atoms with E-state index in [0.29, 0.717) is 5.82 Å². The molecule has 3 aromatic rings. The largest absolute Gasteiger partial charge is 0.384 e. The number of fused-ring (bicyclic) bond motifs is 1. The summed E-state index contributed by atoms with van der Waals surface area (Å²) in [7, 11) is 0. The first-order valence-corrected chi connectivity index (χ1v) is 5.41. The maximum Gasteiger partial charge on any atom is 0.124 e. The van der Waals surface area contributed by atoms with E-state index in [1.807, 2.05) is 36.4 Å². The third kappa shape index (κ3) is 1.83. The van der Waals surface area contributed by atoms with Crippen molar-refractivity contribution in [1.29, 1.82) is 0 Å². The molecular formula is C14H11N3. The molecule has 2 N–H and O–H groups in total. The number of pyridine rings is 2. The molecule has 0 fully saturated rings. The molecule has 0 aliphatic rings. The van der Waals surface area contributed by atoms with Crippen LogP contribution in [-0.4, -0.2) is 9.97 Å². The number of anilines is 1. The van der Waals surface area contributed by atoms with E-state index in [0.717, 1.165) is 22.2 Å². The zero-order chi connectivity index (χ0) is 11.7. The standard InChI is InChI=1S/C14H11N3/c15-14-5-1-4-13(17-14)11-6-7-12-10(9-11)3-2-8-16-12/h1-9H,(H2,15,17). The van der Waals surface area contributed by atoms with Crippen molar-refractivity contribution in [1.82, 2.24) is 9.97 Å². The van der Waals surface area contributed by atoms with E-state index in [-0.39, 0.29) is 0 Å². The monoisotopic (exact) mass is 221 g/mol. The first-order valence-electron chi connectivity index (χ1n) is 5.41. The number of rotatable bonds is 1. The van der Waals surface area contributed by atoms with Gasteiger partial charge in [0.1, 0.15) is 5.82 Å². The fourth-order valence-electron chi connectivity index (χ4n) is 1.85.